The summed E-state index contributed by atoms with van der Waals surface area (Å²) in [6.45, 7) is 12.4. The van der Waals surface area contributed by atoms with E-state index in [1.165, 1.54) is 5.56 Å². The Labute approximate surface area is 207 Å². The second-order valence-electron chi connectivity index (χ2n) is 8.89. The number of hydrogen-bond donors (Lipinski definition) is 1. The highest BCUT2D eigenvalue weighted by Crippen LogP contribution is 2.29. The number of ether oxygens (including phenoxy) is 1. The number of carbonyl (C=O) groups excluding carboxylic acids is 2. The zero-order chi connectivity index (χ0) is 24.5. The van der Waals surface area contributed by atoms with E-state index >= 15 is 0 Å². The highest BCUT2D eigenvalue weighted by molar-refractivity contribution is 9.10. The summed E-state index contributed by atoms with van der Waals surface area (Å²) < 4.78 is 6.70. The van der Waals surface area contributed by atoms with E-state index in [9.17, 15) is 9.59 Å². The molecule has 0 aliphatic carbocycles. The lowest BCUT2D eigenvalue weighted by Gasteiger charge is -2.31. The predicted molar refractivity (Wildman–Crippen MR) is 137 cm³/mol. The number of amides is 2. The van der Waals surface area contributed by atoms with Gasteiger partial charge >= 0.3 is 0 Å². The van der Waals surface area contributed by atoms with Crippen molar-refractivity contribution >= 4 is 27.7 Å². The smallest absolute Gasteiger partial charge is 0.261 e. The van der Waals surface area contributed by atoms with E-state index in [0.29, 0.717) is 24.6 Å². The lowest BCUT2D eigenvalue weighted by molar-refractivity contribution is -0.143. The van der Waals surface area contributed by atoms with E-state index in [0.717, 1.165) is 22.0 Å². The number of nitrogens with zero attached hydrogens (tertiary/aromatic N) is 1. The minimum absolute atomic E-state index is 0.0501. The molecule has 2 unspecified atom stereocenters. The van der Waals surface area contributed by atoms with E-state index in [-0.39, 0.29) is 24.5 Å². The van der Waals surface area contributed by atoms with Crippen molar-refractivity contribution < 1.29 is 14.3 Å². The van der Waals surface area contributed by atoms with Gasteiger partial charge in [0.15, 0.2) is 6.61 Å². The second kappa shape index (κ2) is 12.8. The molecule has 0 radical (unpaired) electrons. The minimum Gasteiger partial charge on any atom is -0.483 e. The molecule has 0 aromatic heterocycles. The molecule has 2 aromatic rings. The van der Waals surface area contributed by atoms with Crippen LogP contribution in [0, 0.1) is 6.92 Å². The molecule has 0 fully saturated rings. The van der Waals surface area contributed by atoms with Crippen molar-refractivity contribution in [2.75, 3.05) is 6.61 Å². The second-order valence-corrected chi connectivity index (χ2v) is 9.74. The summed E-state index contributed by atoms with van der Waals surface area (Å²) in [5.74, 6) is 0.661. The van der Waals surface area contributed by atoms with Gasteiger partial charge in [-0.05, 0) is 71.8 Å². The normalized spacial score (nSPS) is 12.8. The molecule has 2 aromatic carbocycles. The van der Waals surface area contributed by atoms with Crippen LogP contribution in [0.5, 0.6) is 5.75 Å². The SMILES string of the molecule is CCC(C)NC(=O)C(CC)N(Cc1cccc(C)c1)C(=O)COc1ccc(C(C)C)cc1Br. The summed E-state index contributed by atoms with van der Waals surface area (Å²) in [6, 6.07) is 13.4. The number of carbonyl (C=O) groups is 2. The molecule has 2 amide bonds. The fourth-order valence-electron chi connectivity index (χ4n) is 3.58. The molecule has 0 aliphatic rings. The van der Waals surface area contributed by atoms with E-state index in [2.05, 4.69) is 35.1 Å². The minimum atomic E-state index is -0.567. The van der Waals surface area contributed by atoms with Crippen LogP contribution in [0.25, 0.3) is 0 Å². The fourth-order valence-corrected chi connectivity index (χ4v) is 4.09. The zero-order valence-corrected chi connectivity index (χ0v) is 22.2. The number of rotatable bonds is 11. The van der Waals surface area contributed by atoms with Gasteiger partial charge in [0.1, 0.15) is 11.8 Å². The first-order valence-corrected chi connectivity index (χ1v) is 12.5. The third-order valence-corrected chi connectivity index (χ3v) is 6.42. The van der Waals surface area contributed by atoms with Gasteiger partial charge in [0.05, 0.1) is 4.47 Å². The number of nitrogens with one attached hydrogen (secondary N) is 1. The van der Waals surface area contributed by atoms with Crippen LogP contribution < -0.4 is 10.1 Å². The molecule has 33 heavy (non-hydrogen) atoms. The van der Waals surface area contributed by atoms with Crippen LogP contribution in [0.2, 0.25) is 0 Å². The topological polar surface area (TPSA) is 58.6 Å². The molecule has 2 rings (SSSR count). The van der Waals surface area contributed by atoms with Crippen molar-refractivity contribution in [2.45, 2.75) is 78.9 Å². The molecule has 0 spiro atoms. The number of benzene rings is 2. The Kier molecular flexibility index (Phi) is 10.4. The van der Waals surface area contributed by atoms with Crippen LogP contribution in [0.4, 0.5) is 0 Å². The molecule has 1 N–H and O–H groups in total. The molecule has 0 heterocycles. The van der Waals surface area contributed by atoms with Gasteiger partial charge in [-0.3, -0.25) is 9.59 Å². The highest BCUT2D eigenvalue weighted by atomic mass is 79.9. The summed E-state index contributed by atoms with van der Waals surface area (Å²) in [6.07, 6.45) is 1.35. The van der Waals surface area contributed by atoms with Gasteiger partial charge in [-0.2, -0.15) is 0 Å². The third-order valence-electron chi connectivity index (χ3n) is 5.80. The summed E-state index contributed by atoms with van der Waals surface area (Å²) >= 11 is 3.55. The molecule has 2 atom stereocenters. The molecular formula is C27H37BrN2O3. The van der Waals surface area contributed by atoms with Crippen molar-refractivity contribution in [1.29, 1.82) is 0 Å². The molecule has 0 bridgehead atoms. The van der Waals surface area contributed by atoms with Crippen molar-refractivity contribution in [2.24, 2.45) is 0 Å². The molecule has 0 saturated carbocycles. The Morgan fingerprint density at radius 1 is 1.06 bits per heavy atom. The van der Waals surface area contributed by atoms with Crippen molar-refractivity contribution in [3.8, 4) is 5.75 Å². The summed E-state index contributed by atoms with van der Waals surface area (Å²) in [5, 5.41) is 3.03. The predicted octanol–water partition coefficient (Wildman–Crippen LogP) is 5.98. The first-order valence-electron chi connectivity index (χ1n) is 11.7. The maximum atomic E-state index is 13.4. The first kappa shape index (κ1) is 26.9. The van der Waals surface area contributed by atoms with Gasteiger partial charge in [-0.1, -0.05) is 63.6 Å². The van der Waals surface area contributed by atoms with Crippen LogP contribution in [0.3, 0.4) is 0 Å². The van der Waals surface area contributed by atoms with Gasteiger partial charge in [0.2, 0.25) is 5.91 Å². The average molecular weight is 518 g/mol. The molecule has 0 saturated heterocycles. The van der Waals surface area contributed by atoms with Crippen molar-refractivity contribution in [3.05, 3.63) is 63.6 Å². The number of halogens is 1. The largest absolute Gasteiger partial charge is 0.483 e. The Morgan fingerprint density at radius 3 is 2.36 bits per heavy atom. The van der Waals surface area contributed by atoms with E-state index in [1.54, 1.807) is 4.90 Å². The van der Waals surface area contributed by atoms with Crippen molar-refractivity contribution in [1.82, 2.24) is 10.2 Å². The Balaban J connectivity index is 2.23. The van der Waals surface area contributed by atoms with Crippen LogP contribution in [-0.2, 0) is 16.1 Å². The lowest BCUT2D eigenvalue weighted by Crippen LogP contribution is -2.51. The fraction of sp³-hybridized carbons (Fsp3) is 0.481. The Morgan fingerprint density at radius 2 is 1.79 bits per heavy atom. The first-order chi connectivity index (χ1) is 15.7. The quantitative estimate of drug-likeness (QED) is 0.399. The van der Waals surface area contributed by atoms with Crippen LogP contribution in [-0.4, -0.2) is 35.4 Å². The third kappa shape index (κ3) is 7.88. The van der Waals surface area contributed by atoms with Gasteiger partial charge in [-0.25, -0.2) is 0 Å². The van der Waals surface area contributed by atoms with Crippen LogP contribution in [0.15, 0.2) is 46.9 Å². The monoisotopic (exact) mass is 516 g/mol. The van der Waals surface area contributed by atoms with Gasteiger partial charge in [0, 0.05) is 12.6 Å². The summed E-state index contributed by atoms with van der Waals surface area (Å²) in [7, 11) is 0. The van der Waals surface area contributed by atoms with Gasteiger partial charge in [0.25, 0.3) is 5.91 Å². The van der Waals surface area contributed by atoms with Gasteiger partial charge in [-0.15, -0.1) is 0 Å². The maximum absolute atomic E-state index is 13.4. The molecule has 180 valence electrons. The number of hydrogen-bond acceptors (Lipinski definition) is 3. The average Bonchev–Trinajstić information content (AvgIpc) is 2.77. The van der Waals surface area contributed by atoms with E-state index in [1.807, 2.05) is 70.2 Å². The standard InChI is InChI=1S/C27H37BrN2O3/c1-7-20(6)29-27(32)24(8-2)30(16-21-11-9-10-19(5)14-21)26(31)17-33-25-13-12-22(18(3)4)15-23(25)28/h9-15,18,20,24H,7-8,16-17H2,1-6H3,(H,29,32). The summed E-state index contributed by atoms with van der Waals surface area (Å²) in [5.41, 5.74) is 3.29. The van der Waals surface area contributed by atoms with Crippen LogP contribution in [0.1, 0.15) is 70.1 Å². The zero-order valence-electron chi connectivity index (χ0n) is 20.7. The molecular weight excluding hydrogens is 480 g/mol. The Hall–Kier alpha value is -2.34. The Bertz CT molecular complexity index is 945. The molecule has 6 heteroatoms. The number of aryl methyl sites for hydroxylation is 1. The molecule has 0 aliphatic heterocycles. The van der Waals surface area contributed by atoms with Gasteiger partial charge < -0.3 is 15.0 Å². The molecule has 5 nitrogen and oxygen atoms in total. The lowest BCUT2D eigenvalue weighted by atomic mass is 10.0. The van der Waals surface area contributed by atoms with E-state index < -0.39 is 6.04 Å². The van der Waals surface area contributed by atoms with E-state index in [4.69, 9.17) is 4.74 Å². The van der Waals surface area contributed by atoms with Crippen LogP contribution >= 0.6 is 15.9 Å². The maximum Gasteiger partial charge on any atom is 0.261 e. The van der Waals surface area contributed by atoms with Crippen molar-refractivity contribution in [3.63, 3.8) is 0 Å². The summed E-state index contributed by atoms with van der Waals surface area (Å²) in [4.78, 5) is 28.0. The highest BCUT2D eigenvalue weighted by Gasteiger charge is 2.29.